The highest BCUT2D eigenvalue weighted by Gasteiger charge is 2.41. The number of carbonyl (C=O) groups is 1. The number of benzene rings is 1. The molecule has 0 bridgehead atoms. The molecule has 0 spiro atoms. The number of carbonyl (C=O) groups excluding carboxylic acids is 1. The number of aliphatic hydroxyl groups excluding tert-OH is 2. The van der Waals surface area contributed by atoms with Crippen molar-refractivity contribution in [3.05, 3.63) is 52.2 Å². The molecule has 5 rings (SSSR count). The van der Waals surface area contributed by atoms with Gasteiger partial charge in [0.2, 0.25) is 0 Å². The maximum atomic E-state index is 14.4. The molecule has 1 aromatic heterocycles. The minimum Gasteiger partial charge on any atom is -0.390 e. The number of rotatable bonds is 4. The van der Waals surface area contributed by atoms with Gasteiger partial charge in [-0.05, 0) is 36.6 Å². The lowest BCUT2D eigenvalue weighted by molar-refractivity contribution is -0.125. The number of fused-ring (bicyclic) bond motifs is 1. The molecule has 2 aromatic rings. The van der Waals surface area contributed by atoms with Crippen LogP contribution in [0.2, 0.25) is 5.02 Å². The molecule has 3 N–H and O–H groups in total. The number of nitrogens with one attached hydrogen (secondary N) is 1. The first-order valence-corrected chi connectivity index (χ1v) is 11.1. The lowest BCUT2D eigenvalue weighted by atomic mass is 10.0. The molecule has 11 heteroatoms. The van der Waals surface area contributed by atoms with Crippen molar-refractivity contribution in [2.45, 2.75) is 56.3 Å². The number of alkyl halides is 1. The van der Waals surface area contributed by atoms with Crippen LogP contribution in [0.3, 0.4) is 0 Å². The summed E-state index contributed by atoms with van der Waals surface area (Å²) in [5.41, 5.74) is 1.43. The lowest BCUT2D eigenvalue weighted by Crippen LogP contribution is -2.38. The van der Waals surface area contributed by atoms with E-state index in [-0.39, 0.29) is 30.2 Å². The van der Waals surface area contributed by atoms with Gasteiger partial charge in [0.1, 0.15) is 29.8 Å². The van der Waals surface area contributed by atoms with Gasteiger partial charge in [0.15, 0.2) is 0 Å². The molecule has 1 saturated carbocycles. The summed E-state index contributed by atoms with van der Waals surface area (Å²) in [4.78, 5) is 27.7. The van der Waals surface area contributed by atoms with Gasteiger partial charge in [-0.3, -0.25) is 9.79 Å². The number of likely N-dealkylation sites (tertiary alicyclic amines) is 1. The average molecular weight is 478 g/mol. The van der Waals surface area contributed by atoms with Gasteiger partial charge in [-0.15, -0.1) is 0 Å². The summed E-state index contributed by atoms with van der Waals surface area (Å²) in [5, 5.41) is 23.3. The number of aromatic nitrogens is 2. The molecular formula is C22H22ClF2N5O3. The monoisotopic (exact) mass is 477 g/mol. The number of halogens is 3. The fourth-order valence-corrected chi connectivity index (χ4v) is 5.06. The second-order valence-corrected chi connectivity index (χ2v) is 9.04. The lowest BCUT2D eigenvalue weighted by Gasteiger charge is -2.26. The molecule has 2 aliphatic heterocycles. The molecule has 3 heterocycles. The Bertz CT molecular complexity index is 1110. The van der Waals surface area contributed by atoms with E-state index in [1.807, 2.05) is 0 Å². The van der Waals surface area contributed by atoms with Crippen LogP contribution in [0.4, 0.5) is 14.6 Å². The predicted octanol–water partition coefficient (Wildman–Crippen LogP) is 2.18. The van der Waals surface area contributed by atoms with E-state index in [1.54, 1.807) is 0 Å². The Morgan fingerprint density at radius 3 is 2.76 bits per heavy atom. The molecule has 2 fully saturated rings. The number of hydrogen-bond acceptors (Lipinski definition) is 7. The van der Waals surface area contributed by atoms with E-state index in [1.165, 1.54) is 23.4 Å². The van der Waals surface area contributed by atoms with Crippen molar-refractivity contribution >= 4 is 29.0 Å². The zero-order valence-corrected chi connectivity index (χ0v) is 18.2. The van der Waals surface area contributed by atoms with Crippen molar-refractivity contribution < 1.29 is 23.8 Å². The predicted molar refractivity (Wildman–Crippen MR) is 116 cm³/mol. The normalized spacial score (nSPS) is 28.7. The van der Waals surface area contributed by atoms with Crippen LogP contribution in [-0.4, -0.2) is 67.7 Å². The molecule has 1 amide bonds. The Hall–Kier alpha value is -2.69. The fraction of sp³-hybridized carbons (Fsp3) is 0.455. The largest absolute Gasteiger partial charge is 0.390 e. The Labute approximate surface area is 193 Å². The number of aliphatic imine (C=N–C) groups is 1. The Kier molecular flexibility index (Phi) is 5.75. The zero-order chi connectivity index (χ0) is 23.3. The van der Waals surface area contributed by atoms with Gasteiger partial charge >= 0.3 is 0 Å². The van der Waals surface area contributed by atoms with Gasteiger partial charge in [-0.25, -0.2) is 18.7 Å². The maximum absolute atomic E-state index is 14.4. The third-order valence-corrected chi connectivity index (χ3v) is 6.65. The van der Waals surface area contributed by atoms with Crippen LogP contribution in [0.5, 0.6) is 0 Å². The first-order chi connectivity index (χ1) is 15.8. The first-order valence-electron chi connectivity index (χ1n) is 10.7. The van der Waals surface area contributed by atoms with Gasteiger partial charge in [0, 0.05) is 11.4 Å². The molecule has 0 radical (unpaired) electrons. The van der Waals surface area contributed by atoms with Gasteiger partial charge in [0.25, 0.3) is 5.91 Å². The summed E-state index contributed by atoms with van der Waals surface area (Å²) < 4.78 is 28.4. The van der Waals surface area contributed by atoms with Crippen molar-refractivity contribution in [1.29, 1.82) is 0 Å². The molecule has 1 aromatic carbocycles. The van der Waals surface area contributed by atoms with Crippen molar-refractivity contribution in [3.8, 4) is 0 Å². The third kappa shape index (κ3) is 4.07. The standard InChI is InChI=1S/C22H22ClF2N5O3/c23-11-3-10(4-12(24)5-11)16-6-13(25)8-30(16)22(33)19-18-15(7-26-19)27-9-28-21(18)29-14-1-2-17(31)20(14)32/h3-5,9,13-14,16-17,20,31-32H,1-2,6-8H2,(H,27,28,29)/t13-,14+,16+,17+,20-/m0/s1. The number of nitrogens with zero attached hydrogens (tertiary/aromatic N) is 4. The van der Waals surface area contributed by atoms with Crippen molar-refractivity contribution in [2.24, 2.45) is 4.99 Å². The van der Waals surface area contributed by atoms with Crippen molar-refractivity contribution in [2.75, 3.05) is 11.9 Å². The van der Waals surface area contributed by atoms with Crippen LogP contribution < -0.4 is 5.32 Å². The van der Waals surface area contributed by atoms with E-state index >= 15 is 0 Å². The van der Waals surface area contributed by atoms with Crippen LogP contribution in [0.15, 0.2) is 29.5 Å². The van der Waals surface area contributed by atoms with E-state index < -0.39 is 42.2 Å². The summed E-state index contributed by atoms with van der Waals surface area (Å²) >= 11 is 5.99. The van der Waals surface area contributed by atoms with Crippen LogP contribution in [0, 0.1) is 5.82 Å². The minimum absolute atomic E-state index is 0.0220. The van der Waals surface area contributed by atoms with Crippen molar-refractivity contribution in [1.82, 2.24) is 14.9 Å². The number of amides is 1. The van der Waals surface area contributed by atoms with Crippen molar-refractivity contribution in [3.63, 3.8) is 0 Å². The highest BCUT2D eigenvalue weighted by Crippen LogP contribution is 2.37. The smallest absolute Gasteiger partial charge is 0.273 e. The molecule has 3 aliphatic rings. The summed E-state index contributed by atoms with van der Waals surface area (Å²) in [6, 6.07) is 2.80. The molecular weight excluding hydrogens is 456 g/mol. The Morgan fingerprint density at radius 1 is 1.21 bits per heavy atom. The van der Waals surface area contributed by atoms with Crippen LogP contribution in [0.25, 0.3) is 0 Å². The van der Waals surface area contributed by atoms with Gasteiger partial charge in [-0.1, -0.05) is 11.6 Å². The maximum Gasteiger partial charge on any atom is 0.273 e. The Morgan fingerprint density at radius 2 is 2.03 bits per heavy atom. The molecule has 5 atom stereocenters. The molecule has 0 unspecified atom stereocenters. The van der Waals surface area contributed by atoms with E-state index in [4.69, 9.17) is 11.6 Å². The van der Waals surface area contributed by atoms with Gasteiger partial charge < -0.3 is 20.4 Å². The highest BCUT2D eigenvalue weighted by molar-refractivity contribution is 6.47. The van der Waals surface area contributed by atoms with Crippen LogP contribution >= 0.6 is 11.6 Å². The summed E-state index contributed by atoms with van der Waals surface area (Å²) in [6.45, 7) is 0.00275. The van der Waals surface area contributed by atoms with E-state index in [0.29, 0.717) is 35.5 Å². The fourth-order valence-electron chi connectivity index (χ4n) is 4.83. The average Bonchev–Trinajstić information content (AvgIpc) is 3.46. The zero-order valence-electron chi connectivity index (χ0n) is 17.5. The summed E-state index contributed by atoms with van der Waals surface area (Å²) in [6.07, 6.45) is -0.753. The molecule has 174 valence electrons. The molecule has 1 aliphatic carbocycles. The molecule has 8 nitrogen and oxygen atoms in total. The van der Waals surface area contributed by atoms with E-state index in [2.05, 4.69) is 20.3 Å². The number of hydrogen-bond donors (Lipinski definition) is 3. The highest BCUT2D eigenvalue weighted by atomic mass is 35.5. The third-order valence-electron chi connectivity index (χ3n) is 6.43. The second-order valence-electron chi connectivity index (χ2n) is 8.60. The number of aliphatic hydroxyl groups is 2. The van der Waals surface area contributed by atoms with E-state index in [0.717, 1.165) is 6.07 Å². The van der Waals surface area contributed by atoms with E-state index in [9.17, 15) is 23.8 Å². The summed E-state index contributed by atoms with van der Waals surface area (Å²) in [7, 11) is 0. The van der Waals surface area contributed by atoms with Crippen LogP contribution in [0.1, 0.15) is 42.1 Å². The molecule has 33 heavy (non-hydrogen) atoms. The Balaban J connectivity index is 1.45. The number of anilines is 1. The minimum atomic E-state index is -1.28. The van der Waals surface area contributed by atoms with Gasteiger partial charge in [-0.2, -0.15) is 0 Å². The SMILES string of the molecule is O=C(C1=NCc2ncnc(N[C@@H]3CC[C@@H](O)[C@H]3O)c21)N1C[C@@H](F)C[C@@H]1c1cc(F)cc(Cl)c1. The van der Waals surface area contributed by atoms with Crippen LogP contribution in [-0.2, 0) is 11.3 Å². The quantitative estimate of drug-likeness (QED) is 0.622. The first kappa shape index (κ1) is 22.1. The molecule has 1 saturated heterocycles. The topological polar surface area (TPSA) is 111 Å². The summed E-state index contributed by atoms with van der Waals surface area (Å²) in [5.74, 6) is -0.749. The second kappa shape index (κ2) is 8.58. The van der Waals surface area contributed by atoms with Gasteiger partial charge in [0.05, 0.1) is 48.6 Å².